The molecule has 0 aromatic carbocycles. The fourth-order valence-corrected chi connectivity index (χ4v) is 2.05. The van der Waals surface area contributed by atoms with Gasteiger partial charge in [0, 0.05) is 20.0 Å². The highest BCUT2D eigenvalue weighted by atomic mass is 16.2. The summed E-state index contributed by atoms with van der Waals surface area (Å²) in [5.74, 6) is 0.212. The van der Waals surface area contributed by atoms with Crippen LogP contribution in [0.15, 0.2) is 0 Å². The van der Waals surface area contributed by atoms with E-state index in [-0.39, 0.29) is 5.91 Å². The number of rotatable bonds is 0. The Morgan fingerprint density at radius 1 is 1.38 bits per heavy atom. The normalized spacial score (nSPS) is 23.5. The van der Waals surface area contributed by atoms with Crippen LogP contribution in [-0.2, 0) is 4.79 Å². The molecule has 1 N–H and O–H groups in total. The van der Waals surface area contributed by atoms with Crippen LogP contribution in [0.5, 0.6) is 0 Å². The molecule has 0 aromatic rings. The lowest BCUT2D eigenvalue weighted by molar-refractivity contribution is -0.136. The molecule has 3 nitrogen and oxygen atoms in total. The van der Waals surface area contributed by atoms with Crippen LogP contribution in [0.4, 0.5) is 0 Å². The number of carbonyl (C=O) groups excluding carboxylic acids is 1. The second kappa shape index (κ2) is 4.09. The summed E-state index contributed by atoms with van der Waals surface area (Å²) >= 11 is 0. The van der Waals surface area contributed by atoms with Crippen LogP contribution >= 0.6 is 0 Å². The maximum Gasteiger partial charge on any atom is 0.219 e. The lowest BCUT2D eigenvalue weighted by atomic mass is 9.88. The maximum absolute atomic E-state index is 10.9. The number of amides is 1. The van der Waals surface area contributed by atoms with Crippen LogP contribution < -0.4 is 5.32 Å². The van der Waals surface area contributed by atoms with Crippen LogP contribution in [0.3, 0.4) is 0 Å². The van der Waals surface area contributed by atoms with Crippen molar-refractivity contribution in [3.63, 3.8) is 0 Å². The molecule has 2 rings (SSSR count). The third-order valence-corrected chi connectivity index (χ3v) is 2.76. The van der Waals surface area contributed by atoms with Gasteiger partial charge in [0.1, 0.15) is 0 Å². The molecule has 0 aliphatic carbocycles. The summed E-state index contributed by atoms with van der Waals surface area (Å²) in [7, 11) is 0. The minimum Gasteiger partial charge on any atom is -0.339 e. The van der Waals surface area contributed by atoms with Crippen molar-refractivity contribution in [1.82, 2.24) is 10.2 Å². The van der Waals surface area contributed by atoms with Gasteiger partial charge in [0.2, 0.25) is 5.91 Å². The Bertz CT molecular complexity index is 177. The summed E-state index contributed by atoms with van der Waals surface area (Å²) in [6, 6.07) is 0. The molecule has 1 amide bonds. The number of hydrogen-bond acceptors (Lipinski definition) is 2. The highest BCUT2D eigenvalue weighted by molar-refractivity contribution is 5.74. The van der Waals surface area contributed by atoms with Crippen molar-refractivity contribution in [1.29, 1.82) is 0 Å². The zero-order valence-electron chi connectivity index (χ0n) is 8.89. The number of hydrogen-bond donors (Lipinski definition) is 1. The van der Waals surface area contributed by atoms with Gasteiger partial charge in [-0.25, -0.2) is 0 Å². The average Bonchev–Trinajstić information content (AvgIpc) is 2.53. The first-order valence-electron chi connectivity index (χ1n) is 5.22. The van der Waals surface area contributed by atoms with E-state index in [1.165, 1.54) is 12.8 Å². The van der Waals surface area contributed by atoms with Crippen LogP contribution in [-0.4, -0.2) is 36.0 Å². The van der Waals surface area contributed by atoms with Crippen LogP contribution in [0.25, 0.3) is 0 Å². The third kappa shape index (κ3) is 2.02. The maximum atomic E-state index is 10.9. The molecule has 2 aliphatic heterocycles. The Morgan fingerprint density at radius 2 is 2.00 bits per heavy atom. The molecule has 2 aliphatic rings. The summed E-state index contributed by atoms with van der Waals surface area (Å²) in [5, 5.41) is 3.46. The molecule has 3 heteroatoms. The van der Waals surface area contributed by atoms with Gasteiger partial charge in [-0.05, 0) is 19.4 Å². The Hall–Kier alpha value is -0.570. The quantitative estimate of drug-likeness (QED) is 0.609. The predicted molar refractivity (Wildman–Crippen MR) is 53.6 cm³/mol. The van der Waals surface area contributed by atoms with Gasteiger partial charge in [0.25, 0.3) is 0 Å². The van der Waals surface area contributed by atoms with E-state index in [1.807, 2.05) is 18.7 Å². The lowest BCUT2D eigenvalue weighted by Crippen LogP contribution is -2.67. The van der Waals surface area contributed by atoms with Crippen molar-refractivity contribution in [2.45, 2.75) is 39.2 Å². The van der Waals surface area contributed by atoms with Crippen molar-refractivity contribution < 1.29 is 4.79 Å². The molecule has 0 radical (unpaired) electrons. The first kappa shape index (κ1) is 10.5. The first-order chi connectivity index (χ1) is 6.22. The van der Waals surface area contributed by atoms with Gasteiger partial charge >= 0.3 is 0 Å². The Labute approximate surface area is 80.5 Å². The standard InChI is InChI=1S/C8H14N2O.C2H6/c1-7(11)10-5-8(6-10)3-2-4-9-8;1-2/h9H,2-6H2,1H3;1-2H3. The number of likely N-dealkylation sites (tertiary alicyclic amines) is 1. The van der Waals surface area contributed by atoms with E-state index in [1.54, 1.807) is 6.92 Å². The Kier molecular flexibility index (Phi) is 3.31. The molecule has 0 bridgehead atoms. The van der Waals surface area contributed by atoms with Gasteiger partial charge in [0.15, 0.2) is 0 Å². The molecule has 76 valence electrons. The summed E-state index contributed by atoms with van der Waals surface area (Å²) in [5.41, 5.74) is 0.325. The zero-order valence-corrected chi connectivity index (χ0v) is 8.89. The van der Waals surface area contributed by atoms with Crippen LogP contribution in [0.1, 0.15) is 33.6 Å². The highest BCUT2D eigenvalue weighted by Crippen LogP contribution is 2.29. The topological polar surface area (TPSA) is 32.3 Å². The first-order valence-corrected chi connectivity index (χ1v) is 5.22. The highest BCUT2D eigenvalue weighted by Gasteiger charge is 2.45. The van der Waals surface area contributed by atoms with Crippen molar-refractivity contribution >= 4 is 5.91 Å². The van der Waals surface area contributed by atoms with E-state index < -0.39 is 0 Å². The van der Waals surface area contributed by atoms with E-state index in [4.69, 9.17) is 0 Å². The summed E-state index contributed by atoms with van der Waals surface area (Å²) in [6.07, 6.45) is 2.52. The van der Waals surface area contributed by atoms with Gasteiger partial charge < -0.3 is 10.2 Å². The molecule has 0 saturated carbocycles. The molecule has 2 fully saturated rings. The molecule has 13 heavy (non-hydrogen) atoms. The van der Waals surface area contributed by atoms with Crippen molar-refractivity contribution in [3.8, 4) is 0 Å². The zero-order chi connectivity index (χ0) is 9.90. The molecule has 2 saturated heterocycles. The molecule has 2 heterocycles. The fraction of sp³-hybridized carbons (Fsp3) is 0.900. The lowest BCUT2D eigenvalue weighted by Gasteiger charge is -2.47. The van der Waals surface area contributed by atoms with Gasteiger partial charge in [-0.15, -0.1) is 0 Å². The van der Waals surface area contributed by atoms with Gasteiger partial charge in [0.05, 0.1) is 5.54 Å². The Morgan fingerprint density at radius 3 is 2.38 bits per heavy atom. The van der Waals surface area contributed by atoms with E-state index in [0.717, 1.165) is 19.6 Å². The summed E-state index contributed by atoms with van der Waals surface area (Å²) in [6.45, 7) is 8.64. The monoisotopic (exact) mass is 184 g/mol. The number of nitrogens with one attached hydrogen (secondary N) is 1. The fourth-order valence-electron chi connectivity index (χ4n) is 2.05. The smallest absolute Gasteiger partial charge is 0.219 e. The van der Waals surface area contributed by atoms with Crippen molar-refractivity contribution in [2.24, 2.45) is 0 Å². The van der Waals surface area contributed by atoms with Crippen LogP contribution in [0, 0.1) is 0 Å². The molecule has 0 aromatic heterocycles. The van der Waals surface area contributed by atoms with Crippen LogP contribution in [0.2, 0.25) is 0 Å². The molecular weight excluding hydrogens is 164 g/mol. The third-order valence-electron chi connectivity index (χ3n) is 2.76. The molecule has 1 spiro atoms. The summed E-state index contributed by atoms with van der Waals surface area (Å²) in [4.78, 5) is 12.8. The largest absolute Gasteiger partial charge is 0.339 e. The van der Waals surface area contributed by atoms with Crippen molar-refractivity contribution in [3.05, 3.63) is 0 Å². The predicted octanol–water partition coefficient (Wildman–Crippen LogP) is 0.997. The van der Waals surface area contributed by atoms with E-state index >= 15 is 0 Å². The minimum absolute atomic E-state index is 0.212. The number of nitrogens with zero attached hydrogens (tertiary/aromatic N) is 1. The van der Waals surface area contributed by atoms with Crippen molar-refractivity contribution in [2.75, 3.05) is 19.6 Å². The van der Waals surface area contributed by atoms with E-state index in [2.05, 4.69) is 5.32 Å². The number of carbonyl (C=O) groups is 1. The van der Waals surface area contributed by atoms with Gasteiger partial charge in [-0.1, -0.05) is 13.8 Å². The molecule has 0 unspecified atom stereocenters. The van der Waals surface area contributed by atoms with E-state index in [9.17, 15) is 4.79 Å². The second-order valence-corrected chi connectivity index (χ2v) is 3.69. The van der Waals surface area contributed by atoms with E-state index in [0.29, 0.717) is 5.54 Å². The SMILES string of the molecule is CC.CC(=O)N1CC2(CCCN2)C1. The van der Waals surface area contributed by atoms with Gasteiger partial charge in [-0.3, -0.25) is 4.79 Å². The molecule has 0 atom stereocenters. The Balaban J connectivity index is 0.000000396. The average molecular weight is 184 g/mol. The van der Waals surface area contributed by atoms with Gasteiger partial charge in [-0.2, -0.15) is 0 Å². The summed E-state index contributed by atoms with van der Waals surface area (Å²) < 4.78 is 0. The molecular formula is C10H20N2O. The minimum atomic E-state index is 0.212. The second-order valence-electron chi connectivity index (χ2n) is 3.69.